The Kier molecular flexibility index (Phi) is 8.89. The third-order valence-corrected chi connectivity index (χ3v) is 3.68. The second-order valence-corrected chi connectivity index (χ2v) is 5.33. The number of halogens is 2. The van der Waals surface area contributed by atoms with Gasteiger partial charge in [-0.3, -0.25) is 4.99 Å². The summed E-state index contributed by atoms with van der Waals surface area (Å²) in [6, 6.07) is 5.60. The minimum atomic E-state index is 0. The third-order valence-electron chi connectivity index (χ3n) is 3.44. The van der Waals surface area contributed by atoms with E-state index in [1.165, 1.54) is 0 Å². The molecule has 0 spiro atoms. The van der Waals surface area contributed by atoms with Gasteiger partial charge in [0.15, 0.2) is 5.96 Å². The second kappa shape index (κ2) is 10.1. The van der Waals surface area contributed by atoms with Gasteiger partial charge < -0.3 is 20.1 Å². The summed E-state index contributed by atoms with van der Waals surface area (Å²) in [5, 5.41) is 7.20. The van der Waals surface area contributed by atoms with Gasteiger partial charge >= 0.3 is 0 Å². The first kappa shape index (κ1) is 19.3. The van der Waals surface area contributed by atoms with Crippen LogP contribution in [0.1, 0.15) is 18.4 Å². The quantitative estimate of drug-likeness (QED) is 0.421. The van der Waals surface area contributed by atoms with Crippen molar-refractivity contribution < 1.29 is 9.47 Å². The van der Waals surface area contributed by atoms with Crippen molar-refractivity contribution in [3.63, 3.8) is 0 Å². The molecule has 1 heterocycles. The van der Waals surface area contributed by atoms with E-state index in [4.69, 9.17) is 21.1 Å². The molecule has 2 N–H and O–H groups in total. The molecule has 1 aromatic rings. The summed E-state index contributed by atoms with van der Waals surface area (Å²) in [7, 11) is 3.39. The lowest BCUT2D eigenvalue weighted by Crippen LogP contribution is -2.40. The van der Waals surface area contributed by atoms with Crippen molar-refractivity contribution in [2.24, 2.45) is 4.99 Å². The molecule has 22 heavy (non-hydrogen) atoms. The fourth-order valence-electron chi connectivity index (χ4n) is 2.28. The van der Waals surface area contributed by atoms with E-state index >= 15 is 0 Å². The maximum Gasteiger partial charge on any atom is 0.191 e. The van der Waals surface area contributed by atoms with E-state index in [2.05, 4.69) is 15.6 Å². The zero-order valence-electron chi connectivity index (χ0n) is 12.9. The van der Waals surface area contributed by atoms with Crippen LogP contribution in [0.2, 0.25) is 5.02 Å². The van der Waals surface area contributed by atoms with Crippen LogP contribution in [-0.2, 0) is 11.3 Å². The molecule has 0 saturated carbocycles. The molecule has 1 unspecified atom stereocenters. The maximum atomic E-state index is 5.96. The lowest BCUT2D eigenvalue weighted by Gasteiger charge is -2.16. The zero-order valence-corrected chi connectivity index (χ0v) is 16.0. The average molecular weight is 440 g/mol. The first-order valence-electron chi connectivity index (χ1n) is 7.11. The molecule has 0 amide bonds. The number of aliphatic imine (C=N–C) groups is 1. The fraction of sp³-hybridized carbons (Fsp3) is 0.533. The van der Waals surface area contributed by atoms with Gasteiger partial charge in [-0.15, -0.1) is 24.0 Å². The number of nitrogens with one attached hydrogen (secondary N) is 2. The number of nitrogens with zero attached hydrogens (tertiary/aromatic N) is 1. The molecule has 1 saturated heterocycles. The number of methoxy groups -OCH3 is 1. The van der Waals surface area contributed by atoms with E-state index in [-0.39, 0.29) is 30.1 Å². The van der Waals surface area contributed by atoms with Crippen molar-refractivity contribution in [1.82, 2.24) is 10.6 Å². The lowest BCUT2D eigenvalue weighted by atomic mass is 10.2. The number of hydrogen-bond acceptors (Lipinski definition) is 3. The summed E-state index contributed by atoms with van der Waals surface area (Å²) in [5.41, 5.74) is 1.03. The summed E-state index contributed by atoms with van der Waals surface area (Å²) in [5.74, 6) is 1.52. The van der Waals surface area contributed by atoms with Crippen LogP contribution < -0.4 is 15.4 Å². The molecule has 0 bridgehead atoms. The molecule has 2 rings (SSSR count). The summed E-state index contributed by atoms with van der Waals surface area (Å²) in [4.78, 5) is 4.21. The predicted molar refractivity (Wildman–Crippen MR) is 101 cm³/mol. The molecule has 7 heteroatoms. The molecule has 0 aliphatic carbocycles. The van der Waals surface area contributed by atoms with Gasteiger partial charge in [-0.1, -0.05) is 17.7 Å². The van der Waals surface area contributed by atoms with Crippen molar-refractivity contribution in [1.29, 1.82) is 0 Å². The van der Waals surface area contributed by atoms with Crippen LogP contribution in [0, 0.1) is 0 Å². The van der Waals surface area contributed by atoms with Gasteiger partial charge in [0.05, 0.1) is 13.2 Å². The highest BCUT2D eigenvalue weighted by Gasteiger charge is 2.15. The predicted octanol–water partition coefficient (Wildman–Crippen LogP) is 2.81. The summed E-state index contributed by atoms with van der Waals surface area (Å²) in [6.07, 6.45) is 2.53. The van der Waals surface area contributed by atoms with E-state index < -0.39 is 0 Å². The Morgan fingerprint density at radius 1 is 1.45 bits per heavy atom. The largest absolute Gasteiger partial charge is 0.496 e. The van der Waals surface area contributed by atoms with E-state index in [9.17, 15) is 0 Å². The van der Waals surface area contributed by atoms with Crippen LogP contribution in [0.25, 0.3) is 0 Å². The standard InChI is InChI=1S/C15H22ClN3O2.HI/c1-17-15(19-10-13-4-3-7-21-13)18-9-11-5-6-12(16)8-14(11)20-2;/h5-6,8,13H,3-4,7,9-10H2,1-2H3,(H2,17,18,19);1H. The van der Waals surface area contributed by atoms with Crippen molar-refractivity contribution in [2.45, 2.75) is 25.5 Å². The van der Waals surface area contributed by atoms with Crippen LogP contribution in [0.3, 0.4) is 0 Å². The Morgan fingerprint density at radius 2 is 2.27 bits per heavy atom. The van der Waals surface area contributed by atoms with Crippen LogP contribution in [0.4, 0.5) is 0 Å². The smallest absolute Gasteiger partial charge is 0.191 e. The van der Waals surface area contributed by atoms with Crippen molar-refractivity contribution in [2.75, 3.05) is 27.3 Å². The molecular formula is C15H23ClIN3O2. The van der Waals surface area contributed by atoms with E-state index in [1.807, 2.05) is 12.1 Å². The SMILES string of the molecule is CN=C(NCc1ccc(Cl)cc1OC)NCC1CCCO1.I. The topological polar surface area (TPSA) is 54.9 Å². The van der Waals surface area contributed by atoms with Crippen LogP contribution in [0.15, 0.2) is 23.2 Å². The van der Waals surface area contributed by atoms with Gasteiger partial charge in [-0.2, -0.15) is 0 Å². The van der Waals surface area contributed by atoms with Gasteiger partial charge in [-0.05, 0) is 25.0 Å². The summed E-state index contributed by atoms with van der Waals surface area (Å²) < 4.78 is 10.9. The van der Waals surface area contributed by atoms with Gasteiger partial charge in [-0.25, -0.2) is 0 Å². The highest BCUT2D eigenvalue weighted by molar-refractivity contribution is 14.0. The van der Waals surface area contributed by atoms with Gasteiger partial charge in [0.2, 0.25) is 0 Å². The van der Waals surface area contributed by atoms with Crippen molar-refractivity contribution in [3.8, 4) is 5.75 Å². The first-order valence-corrected chi connectivity index (χ1v) is 7.49. The number of ether oxygens (including phenoxy) is 2. The van der Waals surface area contributed by atoms with Gasteiger partial charge in [0.1, 0.15) is 5.75 Å². The molecule has 0 radical (unpaired) electrons. The number of guanidine groups is 1. The Hall–Kier alpha value is -0.730. The molecule has 1 fully saturated rings. The lowest BCUT2D eigenvalue weighted by molar-refractivity contribution is 0.114. The van der Waals surface area contributed by atoms with Crippen LogP contribution in [0.5, 0.6) is 5.75 Å². The van der Waals surface area contributed by atoms with Gasteiger partial charge in [0, 0.05) is 37.3 Å². The minimum Gasteiger partial charge on any atom is -0.496 e. The molecule has 1 aliphatic rings. The average Bonchev–Trinajstić information content (AvgIpc) is 3.01. The van der Waals surface area contributed by atoms with Crippen LogP contribution >= 0.6 is 35.6 Å². The number of hydrogen-bond donors (Lipinski definition) is 2. The molecule has 124 valence electrons. The summed E-state index contributed by atoms with van der Waals surface area (Å²) in [6.45, 7) is 2.25. The van der Waals surface area contributed by atoms with Crippen molar-refractivity contribution in [3.05, 3.63) is 28.8 Å². The number of rotatable bonds is 5. The second-order valence-electron chi connectivity index (χ2n) is 4.90. The maximum absolute atomic E-state index is 5.96. The van der Waals surface area contributed by atoms with E-state index in [1.54, 1.807) is 20.2 Å². The first-order chi connectivity index (χ1) is 10.2. The number of benzene rings is 1. The third kappa shape index (κ3) is 5.81. The fourth-order valence-corrected chi connectivity index (χ4v) is 2.44. The Balaban J connectivity index is 0.00000242. The Bertz CT molecular complexity index is 494. The van der Waals surface area contributed by atoms with Crippen LogP contribution in [-0.4, -0.2) is 39.4 Å². The zero-order chi connectivity index (χ0) is 15.1. The van der Waals surface area contributed by atoms with Gasteiger partial charge in [0.25, 0.3) is 0 Å². The highest BCUT2D eigenvalue weighted by Crippen LogP contribution is 2.22. The molecule has 1 aliphatic heterocycles. The molecular weight excluding hydrogens is 417 g/mol. The molecule has 1 atom stereocenters. The molecule has 0 aromatic heterocycles. The Morgan fingerprint density at radius 3 is 2.91 bits per heavy atom. The van der Waals surface area contributed by atoms with E-state index in [0.29, 0.717) is 11.6 Å². The monoisotopic (exact) mass is 439 g/mol. The normalized spacial score (nSPS) is 17.8. The summed E-state index contributed by atoms with van der Waals surface area (Å²) >= 11 is 5.96. The molecule has 1 aromatic carbocycles. The van der Waals surface area contributed by atoms with Crippen molar-refractivity contribution >= 4 is 41.5 Å². The highest BCUT2D eigenvalue weighted by atomic mass is 127. The molecule has 5 nitrogen and oxygen atoms in total. The van der Waals surface area contributed by atoms with E-state index in [0.717, 1.165) is 43.3 Å². The Labute approximate surface area is 153 Å². The minimum absolute atomic E-state index is 0.